The third-order valence-electron chi connectivity index (χ3n) is 4.54. The third kappa shape index (κ3) is 4.56. The number of rotatable bonds is 6. The summed E-state index contributed by atoms with van der Waals surface area (Å²) in [5.41, 5.74) is 1.00. The summed E-state index contributed by atoms with van der Waals surface area (Å²) >= 11 is 1.46. The molecule has 8 heteroatoms. The Morgan fingerprint density at radius 2 is 2.07 bits per heavy atom. The monoisotopic (exact) mass is 390 g/mol. The first-order valence-corrected chi connectivity index (χ1v) is 10.0. The largest absolute Gasteiger partial charge is 0.459 e. The normalized spacial score (nSPS) is 14.4. The first-order valence-electron chi connectivity index (χ1n) is 9.22. The quantitative estimate of drug-likeness (QED) is 0.820. The van der Waals surface area contributed by atoms with Crippen LogP contribution in [0.25, 0.3) is 0 Å². The third-order valence-corrected chi connectivity index (χ3v) is 5.53. The Kier molecular flexibility index (Phi) is 5.96. The van der Waals surface area contributed by atoms with Gasteiger partial charge in [0.25, 0.3) is 5.91 Å². The lowest BCUT2D eigenvalue weighted by Gasteiger charge is -2.34. The van der Waals surface area contributed by atoms with Crippen molar-refractivity contribution < 1.29 is 14.0 Å². The Morgan fingerprint density at radius 1 is 1.33 bits per heavy atom. The van der Waals surface area contributed by atoms with Crippen LogP contribution in [0.15, 0.2) is 22.8 Å². The highest BCUT2D eigenvalue weighted by atomic mass is 32.1. The van der Waals surface area contributed by atoms with E-state index in [4.69, 9.17) is 4.42 Å². The summed E-state index contributed by atoms with van der Waals surface area (Å²) in [5.74, 6) is 0.111. The second kappa shape index (κ2) is 8.22. The van der Waals surface area contributed by atoms with Crippen molar-refractivity contribution in [2.24, 2.45) is 0 Å². The Balaban J connectivity index is 1.62. The van der Waals surface area contributed by atoms with Crippen LogP contribution < -0.4 is 5.32 Å². The van der Waals surface area contributed by atoms with Gasteiger partial charge < -0.3 is 9.32 Å². The van der Waals surface area contributed by atoms with Crippen molar-refractivity contribution in [1.29, 1.82) is 0 Å². The average Bonchev–Trinajstić information content (AvgIpc) is 3.22. The molecule has 0 aromatic carbocycles. The molecule has 2 aromatic heterocycles. The molecule has 0 bridgehead atoms. The van der Waals surface area contributed by atoms with Gasteiger partial charge in [0.1, 0.15) is 0 Å². The predicted octanol–water partition coefficient (Wildman–Crippen LogP) is 2.99. The van der Waals surface area contributed by atoms with Crippen molar-refractivity contribution in [3.05, 3.63) is 34.7 Å². The Bertz CT molecular complexity index is 790. The number of fused-ring (bicyclic) bond motifs is 1. The molecule has 0 saturated carbocycles. The number of aromatic nitrogens is 1. The molecule has 0 saturated heterocycles. The molecule has 146 valence electrons. The van der Waals surface area contributed by atoms with E-state index in [-0.39, 0.29) is 29.7 Å². The van der Waals surface area contributed by atoms with E-state index in [2.05, 4.69) is 15.2 Å². The molecular formula is C19H26N4O3S. The van der Waals surface area contributed by atoms with Crippen molar-refractivity contribution in [2.45, 2.75) is 52.7 Å². The van der Waals surface area contributed by atoms with Crippen LogP contribution in [-0.2, 0) is 17.8 Å². The summed E-state index contributed by atoms with van der Waals surface area (Å²) in [4.78, 5) is 34.5. The highest BCUT2D eigenvalue weighted by molar-refractivity contribution is 7.15. The van der Waals surface area contributed by atoms with E-state index >= 15 is 0 Å². The lowest BCUT2D eigenvalue weighted by Crippen LogP contribution is -2.47. The molecule has 0 atom stereocenters. The Morgan fingerprint density at radius 3 is 2.70 bits per heavy atom. The molecule has 1 aliphatic rings. The van der Waals surface area contributed by atoms with E-state index in [1.165, 1.54) is 17.6 Å². The van der Waals surface area contributed by atoms with E-state index in [1.807, 2.05) is 32.6 Å². The minimum Gasteiger partial charge on any atom is -0.459 e. The van der Waals surface area contributed by atoms with Gasteiger partial charge in [-0.25, -0.2) is 4.98 Å². The molecule has 0 aliphatic carbocycles. The number of hydrogen-bond acceptors (Lipinski definition) is 6. The molecule has 0 spiro atoms. The number of carbonyl (C=O) groups is 2. The zero-order valence-electron chi connectivity index (χ0n) is 16.2. The molecule has 0 fully saturated rings. The van der Waals surface area contributed by atoms with Crippen LogP contribution in [0, 0.1) is 0 Å². The van der Waals surface area contributed by atoms with Crippen LogP contribution in [-0.4, -0.2) is 51.8 Å². The summed E-state index contributed by atoms with van der Waals surface area (Å²) in [6.07, 6.45) is 2.24. The number of amides is 2. The van der Waals surface area contributed by atoms with Crippen molar-refractivity contribution in [1.82, 2.24) is 14.8 Å². The number of hydrogen-bond donors (Lipinski definition) is 1. The van der Waals surface area contributed by atoms with Crippen LogP contribution in [0.4, 0.5) is 5.13 Å². The SMILES string of the molecule is CC(C)N(C(=O)CN1CCc2nc(NC(=O)c3ccco3)sc2C1)C(C)C. The van der Waals surface area contributed by atoms with E-state index < -0.39 is 0 Å². The van der Waals surface area contributed by atoms with Crippen LogP contribution in [0.3, 0.4) is 0 Å². The lowest BCUT2D eigenvalue weighted by molar-refractivity contribution is -0.136. The maximum Gasteiger partial charge on any atom is 0.293 e. The Labute approximate surface area is 163 Å². The molecule has 3 rings (SSSR count). The number of nitrogens with zero attached hydrogens (tertiary/aromatic N) is 3. The maximum absolute atomic E-state index is 12.7. The van der Waals surface area contributed by atoms with Gasteiger partial charge in [-0.05, 0) is 39.8 Å². The number of nitrogens with one attached hydrogen (secondary N) is 1. The number of furan rings is 1. The van der Waals surface area contributed by atoms with E-state index in [0.717, 1.165) is 23.5 Å². The summed E-state index contributed by atoms with van der Waals surface area (Å²) < 4.78 is 5.11. The van der Waals surface area contributed by atoms with Crippen LogP contribution >= 0.6 is 11.3 Å². The van der Waals surface area contributed by atoms with Crippen LogP contribution in [0.5, 0.6) is 0 Å². The molecule has 27 heavy (non-hydrogen) atoms. The Hall–Kier alpha value is -2.19. The van der Waals surface area contributed by atoms with E-state index in [9.17, 15) is 9.59 Å². The highest BCUT2D eigenvalue weighted by Crippen LogP contribution is 2.28. The summed E-state index contributed by atoms with van der Waals surface area (Å²) in [6, 6.07) is 3.66. The first kappa shape index (κ1) is 19.6. The molecule has 1 N–H and O–H groups in total. The molecule has 3 heterocycles. The number of anilines is 1. The number of thiazole rings is 1. The summed E-state index contributed by atoms with van der Waals surface area (Å²) in [6.45, 7) is 10.1. The zero-order chi connectivity index (χ0) is 19.6. The van der Waals surface area contributed by atoms with Gasteiger partial charge >= 0.3 is 0 Å². The summed E-state index contributed by atoms with van der Waals surface area (Å²) in [5, 5.41) is 3.36. The standard InChI is InChI=1S/C19H26N4O3S/c1-12(2)23(13(3)4)17(24)11-22-8-7-14-16(10-22)27-19(20-14)21-18(25)15-6-5-9-26-15/h5-6,9,12-13H,7-8,10-11H2,1-4H3,(H,20,21,25). The van der Waals surface area contributed by atoms with E-state index in [1.54, 1.807) is 12.1 Å². The molecule has 2 aromatic rings. The minimum atomic E-state index is -0.303. The van der Waals surface area contributed by atoms with Crippen molar-refractivity contribution in [2.75, 3.05) is 18.4 Å². The van der Waals surface area contributed by atoms with Crippen LogP contribution in [0.2, 0.25) is 0 Å². The van der Waals surface area contributed by atoms with Gasteiger partial charge in [-0.2, -0.15) is 0 Å². The van der Waals surface area contributed by atoms with Gasteiger partial charge in [-0.15, -0.1) is 11.3 Å². The molecular weight excluding hydrogens is 364 g/mol. The van der Waals surface area contributed by atoms with Gasteiger partial charge in [0, 0.05) is 36.5 Å². The molecule has 1 aliphatic heterocycles. The zero-order valence-corrected chi connectivity index (χ0v) is 17.0. The smallest absolute Gasteiger partial charge is 0.293 e. The van der Waals surface area contributed by atoms with Gasteiger partial charge in [0.15, 0.2) is 10.9 Å². The second-order valence-electron chi connectivity index (χ2n) is 7.27. The fourth-order valence-corrected chi connectivity index (χ4v) is 4.49. The molecule has 0 unspecified atom stereocenters. The van der Waals surface area contributed by atoms with Gasteiger partial charge in [0.2, 0.25) is 5.91 Å². The predicted molar refractivity (Wildman–Crippen MR) is 105 cm³/mol. The van der Waals surface area contributed by atoms with Crippen LogP contribution in [0.1, 0.15) is 48.8 Å². The van der Waals surface area contributed by atoms with Crippen molar-refractivity contribution in [3.8, 4) is 0 Å². The molecule has 7 nitrogen and oxygen atoms in total. The maximum atomic E-state index is 12.7. The fraction of sp³-hybridized carbons (Fsp3) is 0.526. The van der Waals surface area contributed by atoms with Gasteiger partial charge in [-0.3, -0.25) is 19.8 Å². The van der Waals surface area contributed by atoms with Gasteiger partial charge in [0.05, 0.1) is 18.5 Å². The van der Waals surface area contributed by atoms with Gasteiger partial charge in [-0.1, -0.05) is 0 Å². The minimum absolute atomic E-state index is 0.152. The lowest BCUT2D eigenvalue weighted by atomic mass is 10.1. The number of carbonyl (C=O) groups excluding carboxylic acids is 2. The highest BCUT2D eigenvalue weighted by Gasteiger charge is 2.26. The molecule has 2 amide bonds. The summed E-state index contributed by atoms with van der Waals surface area (Å²) in [7, 11) is 0. The van der Waals surface area contributed by atoms with Crippen molar-refractivity contribution in [3.63, 3.8) is 0 Å². The molecule has 0 radical (unpaired) electrons. The first-order chi connectivity index (χ1) is 12.8. The average molecular weight is 391 g/mol. The van der Waals surface area contributed by atoms with Crippen molar-refractivity contribution >= 4 is 28.3 Å². The topological polar surface area (TPSA) is 78.7 Å². The van der Waals surface area contributed by atoms with E-state index in [0.29, 0.717) is 18.2 Å². The fourth-order valence-electron chi connectivity index (χ4n) is 3.45. The second-order valence-corrected chi connectivity index (χ2v) is 8.35.